The van der Waals surface area contributed by atoms with E-state index in [9.17, 15) is 18.3 Å². The number of rotatable bonds is 13. The SMILES string of the molecule is CC#C[C@@H](CC(=O)O)c1ccc(OCc2cc(-c3c(C)cc(OCCCS(C)(=O)=O)cc3C)c3nc(C(C)C)nn3c2)cc1. The minimum Gasteiger partial charge on any atom is -0.494 e. The first-order valence-electron chi connectivity index (χ1n) is 14.5. The quantitative estimate of drug-likeness (QED) is 0.141. The Morgan fingerprint density at radius 3 is 2.32 bits per heavy atom. The van der Waals surface area contributed by atoms with Crippen molar-refractivity contribution in [2.24, 2.45) is 0 Å². The summed E-state index contributed by atoms with van der Waals surface area (Å²) in [6.07, 6.45) is 3.52. The third kappa shape index (κ3) is 8.38. The van der Waals surface area contributed by atoms with Crippen molar-refractivity contribution >= 4 is 21.5 Å². The Hall–Kier alpha value is -4.36. The van der Waals surface area contributed by atoms with Crippen LogP contribution in [0.2, 0.25) is 0 Å². The van der Waals surface area contributed by atoms with Gasteiger partial charge in [-0.25, -0.2) is 17.9 Å². The number of carbonyl (C=O) groups is 1. The zero-order chi connectivity index (χ0) is 32.0. The van der Waals surface area contributed by atoms with Gasteiger partial charge in [-0.3, -0.25) is 4.79 Å². The van der Waals surface area contributed by atoms with E-state index < -0.39 is 15.8 Å². The van der Waals surface area contributed by atoms with Crippen molar-refractivity contribution < 1.29 is 27.8 Å². The molecule has 2 aromatic carbocycles. The van der Waals surface area contributed by atoms with E-state index >= 15 is 0 Å². The average molecular weight is 618 g/mol. The monoisotopic (exact) mass is 617 g/mol. The fraction of sp³-hybridized carbons (Fsp3) is 0.382. The van der Waals surface area contributed by atoms with Crippen LogP contribution >= 0.6 is 0 Å². The molecule has 4 rings (SSSR count). The highest BCUT2D eigenvalue weighted by Crippen LogP contribution is 2.35. The van der Waals surface area contributed by atoms with Crippen LogP contribution in [-0.2, 0) is 21.2 Å². The molecule has 0 aliphatic heterocycles. The van der Waals surface area contributed by atoms with Crippen molar-refractivity contribution in [3.8, 4) is 34.5 Å². The van der Waals surface area contributed by atoms with Crippen LogP contribution in [0, 0.1) is 25.7 Å². The number of hydrogen-bond donors (Lipinski definition) is 1. The van der Waals surface area contributed by atoms with Crippen molar-refractivity contribution in [3.63, 3.8) is 0 Å². The summed E-state index contributed by atoms with van der Waals surface area (Å²) in [5.41, 5.74) is 6.42. The van der Waals surface area contributed by atoms with Gasteiger partial charge in [0, 0.05) is 29.5 Å². The Labute approximate surface area is 259 Å². The molecular formula is C34H39N3O6S. The Balaban J connectivity index is 1.61. The van der Waals surface area contributed by atoms with Gasteiger partial charge in [0.05, 0.1) is 24.7 Å². The number of hydrogen-bond acceptors (Lipinski definition) is 7. The van der Waals surface area contributed by atoms with Crippen LogP contribution in [0.1, 0.15) is 73.5 Å². The fourth-order valence-corrected chi connectivity index (χ4v) is 5.71. The first-order valence-corrected chi connectivity index (χ1v) is 16.6. The Morgan fingerprint density at radius 2 is 1.73 bits per heavy atom. The molecule has 0 aliphatic carbocycles. The average Bonchev–Trinajstić information content (AvgIpc) is 3.38. The van der Waals surface area contributed by atoms with Crippen molar-refractivity contribution in [1.82, 2.24) is 14.6 Å². The maximum Gasteiger partial charge on any atom is 0.304 e. The number of sulfone groups is 1. The molecule has 0 fully saturated rings. The molecule has 2 heterocycles. The van der Waals surface area contributed by atoms with Crippen molar-refractivity contribution in [3.05, 3.63) is 76.7 Å². The summed E-state index contributed by atoms with van der Waals surface area (Å²) in [6.45, 7) is 10.5. The van der Waals surface area contributed by atoms with Gasteiger partial charge in [0.15, 0.2) is 11.5 Å². The summed E-state index contributed by atoms with van der Waals surface area (Å²) in [6, 6.07) is 13.4. The van der Waals surface area contributed by atoms with Gasteiger partial charge in [0.25, 0.3) is 0 Å². The maximum atomic E-state index is 11.4. The Kier molecular flexibility index (Phi) is 10.3. The van der Waals surface area contributed by atoms with Gasteiger partial charge in [-0.1, -0.05) is 31.9 Å². The van der Waals surface area contributed by atoms with Crippen LogP contribution < -0.4 is 9.47 Å². The van der Waals surface area contributed by atoms with Gasteiger partial charge in [-0.2, -0.15) is 5.10 Å². The molecule has 0 bridgehead atoms. The van der Waals surface area contributed by atoms with Crippen LogP contribution in [0.5, 0.6) is 11.5 Å². The predicted molar refractivity (Wildman–Crippen MR) is 171 cm³/mol. The number of ether oxygens (including phenoxy) is 2. The van der Waals surface area contributed by atoms with E-state index in [-0.39, 0.29) is 30.6 Å². The predicted octanol–water partition coefficient (Wildman–Crippen LogP) is 6.11. The molecule has 232 valence electrons. The van der Waals surface area contributed by atoms with E-state index in [0.717, 1.165) is 44.9 Å². The van der Waals surface area contributed by atoms with Gasteiger partial charge in [-0.15, -0.1) is 5.92 Å². The summed E-state index contributed by atoms with van der Waals surface area (Å²) < 4.78 is 36.7. The molecule has 2 aromatic heterocycles. The molecule has 0 unspecified atom stereocenters. The highest BCUT2D eigenvalue weighted by atomic mass is 32.2. The lowest BCUT2D eigenvalue weighted by molar-refractivity contribution is -0.137. The van der Waals surface area contributed by atoms with Crippen molar-refractivity contribution in [2.45, 2.75) is 65.9 Å². The fourth-order valence-electron chi connectivity index (χ4n) is 5.07. The standard InChI is InChI=1S/C34H39N3O6S/c1-7-9-27(19-31(38)39)26-10-12-28(13-11-26)43-21-25-18-30(34-35-33(22(2)3)36-37(34)20-25)32-23(4)16-29(17-24(32)5)42-14-8-15-44(6,40)41/h10-13,16-18,20,22,27H,8,14-15,19,21H2,1-6H3,(H,38,39)/t27-/m0/s1. The summed E-state index contributed by atoms with van der Waals surface area (Å²) >= 11 is 0. The smallest absolute Gasteiger partial charge is 0.304 e. The summed E-state index contributed by atoms with van der Waals surface area (Å²) in [5.74, 6) is 6.83. The largest absolute Gasteiger partial charge is 0.494 e. The van der Waals surface area contributed by atoms with Crippen LogP contribution in [0.3, 0.4) is 0 Å². The Morgan fingerprint density at radius 1 is 1.05 bits per heavy atom. The number of aliphatic carboxylic acids is 1. The lowest BCUT2D eigenvalue weighted by Gasteiger charge is -2.16. The molecule has 0 saturated carbocycles. The van der Waals surface area contributed by atoms with E-state index in [1.54, 1.807) is 11.4 Å². The number of benzene rings is 2. The van der Waals surface area contributed by atoms with Crippen molar-refractivity contribution in [2.75, 3.05) is 18.6 Å². The molecule has 4 aromatic rings. The third-order valence-corrected chi connectivity index (χ3v) is 8.14. The van der Waals surface area contributed by atoms with E-state index in [0.29, 0.717) is 24.5 Å². The van der Waals surface area contributed by atoms with Crippen molar-refractivity contribution in [1.29, 1.82) is 0 Å². The van der Waals surface area contributed by atoms with Crippen LogP contribution in [0.25, 0.3) is 16.8 Å². The zero-order valence-corrected chi connectivity index (χ0v) is 26.9. The van der Waals surface area contributed by atoms with E-state index in [2.05, 4.69) is 31.8 Å². The lowest BCUT2D eigenvalue weighted by Crippen LogP contribution is -2.08. The van der Waals surface area contributed by atoms with E-state index in [4.69, 9.17) is 19.6 Å². The molecule has 0 saturated heterocycles. The van der Waals surface area contributed by atoms with Gasteiger partial charge in [0.2, 0.25) is 0 Å². The highest BCUT2D eigenvalue weighted by molar-refractivity contribution is 7.90. The number of nitrogens with zero attached hydrogens (tertiary/aromatic N) is 3. The Bertz CT molecular complexity index is 1790. The number of fused-ring (bicyclic) bond motifs is 1. The molecule has 0 spiro atoms. The first-order chi connectivity index (χ1) is 20.8. The molecule has 0 radical (unpaired) electrons. The summed E-state index contributed by atoms with van der Waals surface area (Å²) in [4.78, 5) is 16.1. The first kappa shape index (κ1) is 32.6. The normalized spacial score (nSPS) is 12.2. The molecule has 1 N–H and O–H groups in total. The second-order valence-corrected chi connectivity index (χ2v) is 13.6. The number of pyridine rings is 1. The molecular weight excluding hydrogens is 578 g/mol. The summed E-state index contributed by atoms with van der Waals surface area (Å²) in [7, 11) is -3.03. The minimum absolute atomic E-state index is 0.0603. The van der Waals surface area contributed by atoms with Gasteiger partial charge in [-0.05, 0) is 79.8 Å². The van der Waals surface area contributed by atoms with Crippen LogP contribution in [0.15, 0.2) is 48.7 Å². The third-order valence-electron chi connectivity index (χ3n) is 7.11. The van der Waals surface area contributed by atoms with Gasteiger partial charge >= 0.3 is 5.97 Å². The second-order valence-electron chi connectivity index (χ2n) is 11.3. The number of aromatic nitrogens is 3. The number of aryl methyl sites for hydroxylation is 2. The molecule has 10 heteroatoms. The topological polar surface area (TPSA) is 120 Å². The summed E-state index contributed by atoms with van der Waals surface area (Å²) in [5, 5.41) is 14.0. The van der Waals surface area contributed by atoms with E-state index in [1.807, 2.05) is 56.4 Å². The minimum atomic E-state index is -3.03. The van der Waals surface area contributed by atoms with Gasteiger partial charge < -0.3 is 14.6 Å². The molecule has 0 amide bonds. The zero-order valence-electron chi connectivity index (χ0n) is 26.0. The number of carboxylic acids is 1. The highest BCUT2D eigenvalue weighted by Gasteiger charge is 2.18. The molecule has 44 heavy (non-hydrogen) atoms. The second kappa shape index (κ2) is 14.0. The van der Waals surface area contributed by atoms with Crippen LogP contribution in [-0.4, -0.2) is 52.7 Å². The molecule has 9 nitrogen and oxygen atoms in total. The van der Waals surface area contributed by atoms with E-state index in [1.165, 1.54) is 6.26 Å². The lowest BCUT2D eigenvalue weighted by atomic mass is 9.95. The number of carboxylic acid groups (broad SMARTS) is 1. The molecule has 1 atom stereocenters. The molecule has 0 aliphatic rings. The van der Waals surface area contributed by atoms with Gasteiger partial charge in [0.1, 0.15) is 27.9 Å². The maximum absolute atomic E-state index is 11.4. The van der Waals surface area contributed by atoms with Crippen LogP contribution in [0.4, 0.5) is 0 Å².